The number of nitrogens with zero attached hydrogens (tertiary/aromatic N) is 2. The molecule has 2 aromatic rings. The fraction of sp³-hybridized carbons (Fsp3) is 0.238. The summed E-state index contributed by atoms with van der Waals surface area (Å²) in [4.78, 5) is 11.9. The Hall–Kier alpha value is -3.04. The highest BCUT2D eigenvalue weighted by atomic mass is 35.5. The number of hydrogen-bond acceptors (Lipinski definition) is 5. The number of halogens is 4. The molecule has 6 nitrogen and oxygen atoms in total. The molecule has 0 spiro atoms. The van der Waals surface area contributed by atoms with Crippen molar-refractivity contribution in [1.82, 2.24) is 5.43 Å². The molecule has 1 heterocycles. The molecular formula is C21H19ClF3N3O3. The number of hydrogen-bond donors (Lipinski definition) is 2. The molecule has 0 bridgehead atoms. The zero-order valence-corrected chi connectivity index (χ0v) is 17.3. The lowest BCUT2D eigenvalue weighted by atomic mass is 10.1. The lowest BCUT2D eigenvalue weighted by Gasteiger charge is -2.23. The minimum atomic E-state index is -4.61. The number of hydrazone groups is 1. The molecule has 164 valence electrons. The summed E-state index contributed by atoms with van der Waals surface area (Å²) in [6, 6.07) is 8.29. The van der Waals surface area contributed by atoms with Crippen LogP contribution in [0.15, 0.2) is 59.7 Å². The molecule has 1 aliphatic rings. The van der Waals surface area contributed by atoms with Gasteiger partial charge >= 0.3 is 12.1 Å². The Bertz CT molecular complexity index is 1040. The quantitative estimate of drug-likeness (QED) is 0.587. The van der Waals surface area contributed by atoms with Gasteiger partial charge in [-0.3, -0.25) is 0 Å². The van der Waals surface area contributed by atoms with Crippen molar-refractivity contribution in [2.45, 2.75) is 32.2 Å². The zero-order valence-electron chi connectivity index (χ0n) is 16.5. The first-order chi connectivity index (χ1) is 14.6. The Balaban J connectivity index is 1.97. The van der Waals surface area contributed by atoms with Crippen LogP contribution in [0.25, 0.3) is 0 Å². The molecule has 3 rings (SSSR count). The van der Waals surface area contributed by atoms with E-state index in [9.17, 15) is 23.1 Å². The molecule has 2 atom stereocenters. The Kier molecular flexibility index (Phi) is 6.56. The number of carbonyl (C=O) groups is 1. The van der Waals surface area contributed by atoms with Crippen LogP contribution in [0.3, 0.4) is 0 Å². The maximum absolute atomic E-state index is 13.1. The van der Waals surface area contributed by atoms with E-state index < -0.39 is 23.8 Å². The van der Waals surface area contributed by atoms with Crippen molar-refractivity contribution in [1.29, 1.82) is 0 Å². The molecule has 0 aromatic heterocycles. The fourth-order valence-corrected chi connectivity index (χ4v) is 3.16. The van der Waals surface area contributed by atoms with Crippen LogP contribution in [-0.2, 0) is 11.0 Å². The molecule has 0 saturated carbocycles. The normalized spacial score (nSPS) is 17.7. The molecule has 2 aromatic carbocycles. The van der Waals surface area contributed by atoms with E-state index in [0.717, 1.165) is 23.9 Å². The van der Waals surface area contributed by atoms with Gasteiger partial charge in [0.05, 0.1) is 17.3 Å². The van der Waals surface area contributed by atoms with Crippen LogP contribution in [0.4, 0.5) is 18.9 Å². The molecule has 31 heavy (non-hydrogen) atoms. The number of allylic oxidation sites excluding steroid dienone is 1. The van der Waals surface area contributed by atoms with Crippen molar-refractivity contribution < 1.29 is 27.8 Å². The van der Waals surface area contributed by atoms with E-state index in [0.29, 0.717) is 10.7 Å². The standard InChI is InChI=1S/C21H19ClF3N3O3/c1-3-5-16-12(2)26-28(27-16)17-11-15(22)8-9-18(17)31-19(20(29)30)13-6-4-7-14(10-13)21(23,24)25/h3-11,16,19,27H,1-2H3,(H,29,30)/b5-3-. The first-order valence-corrected chi connectivity index (χ1v) is 9.58. The maximum Gasteiger partial charge on any atom is 0.416 e. The first kappa shape index (κ1) is 22.6. The number of hydrazine groups is 1. The SMILES string of the molecule is C/C=C\C1NN(c2cc(Cl)ccc2OC(C(=O)O)c2cccc(C(F)(F)F)c2)N=C1C. The summed E-state index contributed by atoms with van der Waals surface area (Å²) >= 11 is 6.10. The number of benzene rings is 2. The van der Waals surface area contributed by atoms with Gasteiger partial charge in [0.15, 0.2) is 0 Å². The van der Waals surface area contributed by atoms with Gasteiger partial charge in [0.25, 0.3) is 0 Å². The zero-order chi connectivity index (χ0) is 22.8. The number of ether oxygens (including phenoxy) is 1. The number of nitrogens with one attached hydrogen (secondary N) is 1. The van der Waals surface area contributed by atoms with E-state index in [2.05, 4.69) is 10.5 Å². The lowest BCUT2D eigenvalue weighted by molar-refractivity contribution is -0.146. The molecule has 1 aliphatic heterocycles. The Labute approximate surface area is 181 Å². The highest BCUT2D eigenvalue weighted by molar-refractivity contribution is 6.31. The van der Waals surface area contributed by atoms with Crippen LogP contribution in [0.1, 0.15) is 31.1 Å². The van der Waals surface area contributed by atoms with Gasteiger partial charge in [-0.05, 0) is 44.2 Å². The monoisotopic (exact) mass is 453 g/mol. The van der Waals surface area contributed by atoms with Gasteiger partial charge in [-0.1, -0.05) is 35.9 Å². The Morgan fingerprint density at radius 3 is 2.71 bits per heavy atom. The topological polar surface area (TPSA) is 74.2 Å². The van der Waals surface area contributed by atoms with Gasteiger partial charge in [0, 0.05) is 10.6 Å². The molecule has 2 unspecified atom stereocenters. The van der Waals surface area contributed by atoms with Crippen molar-refractivity contribution in [2.24, 2.45) is 5.10 Å². The van der Waals surface area contributed by atoms with Gasteiger partial charge in [0.1, 0.15) is 11.4 Å². The maximum atomic E-state index is 13.1. The average Bonchev–Trinajstić information content (AvgIpc) is 3.07. The predicted molar refractivity (Wildman–Crippen MR) is 111 cm³/mol. The summed E-state index contributed by atoms with van der Waals surface area (Å²) in [6.45, 7) is 3.67. The van der Waals surface area contributed by atoms with Crippen molar-refractivity contribution >= 4 is 29.0 Å². The molecule has 0 saturated heterocycles. The van der Waals surface area contributed by atoms with Gasteiger partial charge in [-0.15, -0.1) is 0 Å². The molecule has 0 aliphatic carbocycles. The fourth-order valence-electron chi connectivity index (χ4n) is 2.99. The second kappa shape index (κ2) is 8.99. The number of rotatable bonds is 6. The Morgan fingerprint density at radius 2 is 2.06 bits per heavy atom. The van der Waals surface area contributed by atoms with E-state index in [4.69, 9.17) is 16.3 Å². The largest absolute Gasteiger partial charge is 0.478 e. The summed E-state index contributed by atoms with van der Waals surface area (Å²) in [5.41, 5.74) is 3.05. The second-order valence-corrected chi connectivity index (χ2v) is 7.19. The summed E-state index contributed by atoms with van der Waals surface area (Å²) < 4.78 is 44.9. The van der Waals surface area contributed by atoms with E-state index in [-0.39, 0.29) is 17.4 Å². The predicted octanol–water partition coefficient (Wildman–Crippen LogP) is 5.21. The van der Waals surface area contributed by atoms with E-state index in [1.54, 1.807) is 0 Å². The number of alkyl halides is 3. The molecule has 0 fully saturated rings. The third-order valence-corrected chi connectivity index (χ3v) is 4.72. The third-order valence-electron chi connectivity index (χ3n) is 4.49. The van der Waals surface area contributed by atoms with Gasteiger partial charge in [-0.25, -0.2) is 10.2 Å². The number of carboxylic acids is 1. The van der Waals surface area contributed by atoms with Crippen LogP contribution in [0.5, 0.6) is 5.75 Å². The Morgan fingerprint density at radius 1 is 1.32 bits per heavy atom. The van der Waals surface area contributed by atoms with Crippen LogP contribution < -0.4 is 15.3 Å². The molecule has 10 heteroatoms. The van der Waals surface area contributed by atoms with E-state index in [1.165, 1.54) is 29.4 Å². The van der Waals surface area contributed by atoms with Crippen LogP contribution in [-0.4, -0.2) is 22.8 Å². The van der Waals surface area contributed by atoms with Crippen LogP contribution in [0, 0.1) is 0 Å². The number of anilines is 1. The van der Waals surface area contributed by atoms with Gasteiger partial charge in [0.2, 0.25) is 6.10 Å². The first-order valence-electron chi connectivity index (χ1n) is 9.20. The summed E-state index contributed by atoms with van der Waals surface area (Å²) in [5.74, 6) is -1.36. The van der Waals surface area contributed by atoms with E-state index in [1.807, 2.05) is 26.0 Å². The highest BCUT2D eigenvalue weighted by Crippen LogP contribution is 2.37. The minimum absolute atomic E-state index is 0.0828. The molecule has 0 radical (unpaired) electrons. The smallest absolute Gasteiger partial charge is 0.416 e. The van der Waals surface area contributed by atoms with Crippen molar-refractivity contribution in [3.05, 3.63) is 70.8 Å². The summed E-state index contributed by atoms with van der Waals surface area (Å²) in [6.07, 6.45) is -2.56. The summed E-state index contributed by atoms with van der Waals surface area (Å²) in [5, 5.41) is 15.8. The van der Waals surface area contributed by atoms with Crippen LogP contribution in [0.2, 0.25) is 5.02 Å². The number of carboxylic acid groups (broad SMARTS) is 1. The summed E-state index contributed by atoms with van der Waals surface area (Å²) in [7, 11) is 0. The van der Waals surface area contributed by atoms with Crippen molar-refractivity contribution in [2.75, 3.05) is 5.12 Å². The third kappa shape index (κ3) is 5.18. The van der Waals surface area contributed by atoms with Crippen molar-refractivity contribution in [3.63, 3.8) is 0 Å². The average molecular weight is 454 g/mol. The minimum Gasteiger partial charge on any atom is -0.478 e. The molecular weight excluding hydrogens is 435 g/mol. The lowest BCUT2D eigenvalue weighted by Crippen LogP contribution is -2.36. The van der Waals surface area contributed by atoms with E-state index >= 15 is 0 Å². The highest BCUT2D eigenvalue weighted by Gasteiger charge is 2.33. The van der Waals surface area contributed by atoms with Gasteiger partial charge < -0.3 is 9.84 Å². The second-order valence-electron chi connectivity index (χ2n) is 6.76. The number of aliphatic carboxylic acids is 1. The van der Waals surface area contributed by atoms with Crippen LogP contribution >= 0.6 is 11.6 Å². The molecule has 0 amide bonds. The molecule has 2 N–H and O–H groups in total. The van der Waals surface area contributed by atoms with Crippen molar-refractivity contribution in [3.8, 4) is 5.75 Å². The van der Waals surface area contributed by atoms with Gasteiger partial charge in [-0.2, -0.15) is 23.4 Å².